The molecular formula is C17H12ClNO3. The molecule has 0 unspecified atom stereocenters. The highest BCUT2D eigenvalue weighted by Crippen LogP contribution is 2.32. The monoisotopic (exact) mass is 313 g/mol. The lowest BCUT2D eigenvalue weighted by atomic mass is 9.92. The molecule has 0 bridgehead atoms. The molecule has 0 spiro atoms. The SMILES string of the molecule is Cc1ccc(O)c(NC2=C(Cl)C(=O)c3ccccc3C2=O)c1. The Morgan fingerprint density at radius 1 is 1.00 bits per heavy atom. The molecule has 3 rings (SSSR count). The maximum Gasteiger partial charge on any atom is 0.211 e. The number of halogens is 1. The van der Waals surface area contributed by atoms with Crippen molar-refractivity contribution in [2.45, 2.75) is 6.92 Å². The van der Waals surface area contributed by atoms with E-state index >= 15 is 0 Å². The molecule has 0 saturated heterocycles. The largest absolute Gasteiger partial charge is 0.506 e. The summed E-state index contributed by atoms with van der Waals surface area (Å²) in [6.07, 6.45) is 0. The first kappa shape index (κ1) is 14.4. The topological polar surface area (TPSA) is 66.4 Å². The maximum absolute atomic E-state index is 12.5. The Hall–Kier alpha value is -2.59. The van der Waals surface area contributed by atoms with Gasteiger partial charge in [0, 0.05) is 11.1 Å². The molecule has 0 heterocycles. The number of fused-ring (bicyclic) bond motifs is 1. The predicted octanol–water partition coefficient (Wildman–Crippen LogP) is 3.64. The van der Waals surface area contributed by atoms with E-state index < -0.39 is 5.78 Å². The Morgan fingerprint density at radius 3 is 2.32 bits per heavy atom. The third kappa shape index (κ3) is 2.27. The van der Waals surface area contributed by atoms with Gasteiger partial charge in [0.1, 0.15) is 16.5 Å². The molecule has 1 aliphatic carbocycles. The number of aryl methyl sites for hydroxylation is 1. The average Bonchev–Trinajstić information content (AvgIpc) is 2.52. The summed E-state index contributed by atoms with van der Waals surface area (Å²) in [6.45, 7) is 1.85. The van der Waals surface area contributed by atoms with E-state index in [1.165, 1.54) is 6.07 Å². The molecule has 2 aromatic carbocycles. The normalized spacial score (nSPS) is 14.1. The summed E-state index contributed by atoms with van der Waals surface area (Å²) in [4.78, 5) is 24.8. The Morgan fingerprint density at radius 2 is 1.64 bits per heavy atom. The quantitative estimate of drug-likeness (QED) is 0.831. The first-order chi connectivity index (χ1) is 10.5. The van der Waals surface area contributed by atoms with Crippen molar-refractivity contribution in [2.24, 2.45) is 0 Å². The number of allylic oxidation sites excluding steroid dienone is 2. The average molecular weight is 314 g/mol. The van der Waals surface area contributed by atoms with Gasteiger partial charge in [-0.3, -0.25) is 9.59 Å². The van der Waals surface area contributed by atoms with E-state index in [2.05, 4.69) is 5.32 Å². The highest BCUT2D eigenvalue weighted by Gasteiger charge is 2.31. The van der Waals surface area contributed by atoms with Gasteiger partial charge in [-0.05, 0) is 24.6 Å². The summed E-state index contributed by atoms with van der Waals surface area (Å²) in [5, 5.41) is 12.5. The second-order valence-electron chi connectivity index (χ2n) is 5.04. The fourth-order valence-electron chi connectivity index (χ4n) is 2.34. The van der Waals surface area contributed by atoms with Crippen molar-refractivity contribution < 1.29 is 14.7 Å². The van der Waals surface area contributed by atoms with Crippen LogP contribution in [0.2, 0.25) is 0 Å². The van der Waals surface area contributed by atoms with Gasteiger partial charge in [0.25, 0.3) is 0 Å². The van der Waals surface area contributed by atoms with Gasteiger partial charge in [-0.2, -0.15) is 0 Å². The number of hydrogen-bond acceptors (Lipinski definition) is 4. The van der Waals surface area contributed by atoms with Crippen LogP contribution in [0.4, 0.5) is 5.69 Å². The Bertz CT molecular complexity index is 840. The number of Topliss-reactive ketones (excluding diaryl/α,β-unsaturated/α-hetero) is 2. The molecule has 0 atom stereocenters. The van der Waals surface area contributed by atoms with Gasteiger partial charge in [-0.1, -0.05) is 41.9 Å². The van der Waals surface area contributed by atoms with Crippen molar-refractivity contribution in [3.8, 4) is 5.75 Å². The van der Waals surface area contributed by atoms with Crippen molar-refractivity contribution >= 4 is 28.9 Å². The number of ketones is 2. The molecule has 110 valence electrons. The number of hydrogen-bond donors (Lipinski definition) is 2. The van der Waals surface area contributed by atoms with Gasteiger partial charge >= 0.3 is 0 Å². The van der Waals surface area contributed by atoms with Gasteiger partial charge in [0.2, 0.25) is 11.6 Å². The van der Waals surface area contributed by atoms with Gasteiger partial charge in [-0.25, -0.2) is 0 Å². The van der Waals surface area contributed by atoms with Crippen LogP contribution >= 0.6 is 11.6 Å². The number of carbonyl (C=O) groups is 2. The zero-order valence-corrected chi connectivity index (χ0v) is 12.4. The van der Waals surface area contributed by atoms with Crippen molar-refractivity contribution in [2.75, 3.05) is 5.32 Å². The Kier molecular flexibility index (Phi) is 3.47. The fraction of sp³-hybridized carbons (Fsp3) is 0.0588. The van der Waals surface area contributed by atoms with Crippen LogP contribution in [0.3, 0.4) is 0 Å². The van der Waals surface area contributed by atoms with Crippen LogP contribution in [-0.4, -0.2) is 16.7 Å². The second-order valence-corrected chi connectivity index (χ2v) is 5.42. The lowest BCUT2D eigenvalue weighted by Crippen LogP contribution is -2.24. The first-order valence-corrected chi connectivity index (χ1v) is 7.01. The molecule has 0 aromatic heterocycles. The van der Waals surface area contributed by atoms with Crippen molar-refractivity contribution in [3.63, 3.8) is 0 Å². The second kappa shape index (κ2) is 5.31. The minimum absolute atomic E-state index is 0.0220. The molecule has 2 aromatic rings. The number of aromatic hydroxyl groups is 1. The first-order valence-electron chi connectivity index (χ1n) is 6.64. The van der Waals surface area contributed by atoms with E-state index in [9.17, 15) is 14.7 Å². The number of nitrogens with one attached hydrogen (secondary N) is 1. The van der Waals surface area contributed by atoms with Crippen LogP contribution in [0, 0.1) is 6.92 Å². The lowest BCUT2D eigenvalue weighted by molar-refractivity contribution is 0.0982. The third-order valence-electron chi connectivity index (χ3n) is 3.47. The maximum atomic E-state index is 12.5. The smallest absolute Gasteiger partial charge is 0.211 e. The molecule has 0 aliphatic heterocycles. The van der Waals surface area contributed by atoms with Crippen LogP contribution in [0.1, 0.15) is 26.3 Å². The number of phenols is 1. The fourth-order valence-corrected chi connectivity index (χ4v) is 2.58. The summed E-state index contributed by atoms with van der Waals surface area (Å²) < 4.78 is 0. The third-order valence-corrected chi connectivity index (χ3v) is 3.83. The number of carbonyl (C=O) groups excluding carboxylic acids is 2. The Balaban J connectivity index is 2.07. The van der Waals surface area contributed by atoms with E-state index in [1.807, 2.05) is 6.92 Å². The number of anilines is 1. The van der Waals surface area contributed by atoms with Crippen LogP contribution < -0.4 is 5.32 Å². The van der Waals surface area contributed by atoms with Crippen LogP contribution in [0.5, 0.6) is 5.75 Å². The van der Waals surface area contributed by atoms with Gasteiger partial charge in [0.15, 0.2) is 0 Å². The summed E-state index contributed by atoms with van der Waals surface area (Å²) in [5.74, 6) is -0.811. The van der Waals surface area contributed by atoms with Crippen molar-refractivity contribution in [3.05, 3.63) is 69.9 Å². The van der Waals surface area contributed by atoms with E-state index in [1.54, 1.807) is 36.4 Å². The summed E-state index contributed by atoms with van der Waals surface area (Å²) in [5.41, 5.74) is 1.79. The molecule has 0 saturated carbocycles. The van der Waals surface area contributed by atoms with Crippen molar-refractivity contribution in [1.82, 2.24) is 0 Å². The highest BCUT2D eigenvalue weighted by atomic mass is 35.5. The van der Waals surface area contributed by atoms with Gasteiger partial charge < -0.3 is 10.4 Å². The van der Waals surface area contributed by atoms with E-state index in [4.69, 9.17) is 11.6 Å². The zero-order chi connectivity index (χ0) is 15.9. The molecule has 0 fully saturated rings. The molecule has 0 radical (unpaired) electrons. The Labute approximate surface area is 132 Å². The highest BCUT2D eigenvalue weighted by molar-refractivity contribution is 6.50. The summed E-state index contributed by atoms with van der Waals surface area (Å²) in [7, 11) is 0. The summed E-state index contributed by atoms with van der Waals surface area (Å²) in [6, 6.07) is 11.4. The lowest BCUT2D eigenvalue weighted by Gasteiger charge is -2.19. The van der Waals surface area contributed by atoms with Gasteiger partial charge in [-0.15, -0.1) is 0 Å². The molecule has 5 heteroatoms. The van der Waals surface area contributed by atoms with E-state index in [0.29, 0.717) is 11.3 Å². The minimum Gasteiger partial charge on any atom is -0.506 e. The van der Waals surface area contributed by atoms with Gasteiger partial charge in [0.05, 0.1) is 5.69 Å². The standard InChI is InChI=1S/C17H12ClNO3/c1-9-6-7-13(20)12(8-9)19-15-14(18)16(21)10-4-2-3-5-11(10)17(15)22/h2-8,19-20H,1H3. The zero-order valence-electron chi connectivity index (χ0n) is 11.7. The predicted molar refractivity (Wildman–Crippen MR) is 84.4 cm³/mol. The number of rotatable bonds is 2. The molecule has 0 amide bonds. The molecule has 1 aliphatic rings. The summed E-state index contributed by atoms with van der Waals surface area (Å²) >= 11 is 6.06. The molecule has 4 nitrogen and oxygen atoms in total. The van der Waals surface area contributed by atoms with Crippen LogP contribution in [0.25, 0.3) is 0 Å². The van der Waals surface area contributed by atoms with Crippen LogP contribution in [-0.2, 0) is 0 Å². The van der Waals surface area contributed by atoms with Crippen molar-refractivity contribution in [1.29, 1.82) is 0 Å². The number of phenolic OH excluding ortho intramolecular Hbond substituents is 1. The molecular weight excluding hydrogens is 302 g/mol. The minimum atomic E-state index is -0.411. The van der Waals surface area contributed by atoms with Crippen LogP contribution in [0.15, 0.2) is 53.2 Å². The number of benzene rings is 2. The molecule has 22 heavy (non-hydrogen) atoms. The van der Waals surface area contributed by atoms with E-state index in [0.717, 1.165) is 5.56 Å². The van der Waals surface area contributed by atoms with E-state index in [-0.39, 0.29) is 27.8 Å². The molecule has 2 N–H and O–H groups in total.